The van der Waals surface area contributed by atoms with Crippen LogP contribution in [-0.2, 0) is 16.1 Å². The minimum Gasteiger partial charge on any atom is -0.384 e. The monoisotopic (exact) mass is 743 g/mol. The van der Waals surface area contributed by atoms with E-state index in [1.807, 2.05) is 35.1 Å². The van der Waals surface area contributed by atoms with Gasteiger partial charge in [-0.3, -0.25) is 43.8 Å². The largest absolute Gasteiger partial charge is 0.384 e. The molecule has 1 unspecified atom stereocenters. The van der Waals surface area contributed by atoms with Crippen molar-refractivity contribution < 1.29 is 24.0 Å². The number of rotatable bonds is 14. The van der Waals surface area contributed by atoms with Gasteiger partial charge in [0.25, 0.3) is 17.7 Å². The summed E-state index contributed by atoms with van der Waals surface area (Å²) < 4.78 is 1.99. The van der Waals surface area contributed by atoms with Crippen LogP contribution >= 0.6 is 0 Å². The number of carbonyl (C=O) groups excluding carboxylic acids is 5. The molecule has 3 aromatic heterocycles. The maximum absolute atomic E-state index is 13.3. The van der Waals surface area contributed by atoms with Crippen LogP contribution in [0.2, 0.25) is 0 Å². The second-order valence-corrected chi connectivity index (χ2v) is 14.8. The fourth-order valence-electron chi connectivity index (χ4n) is 8.17. The Morgan fingerprint density at radius 2 is 1.73 bits per heavy atom. The smallest absolute Gasteiger partial charge is 0.264 e. The number of hydrogen-bond donors (Lipinski definition) is 4. The maximum atomic E-state index is 13.3. The number of fused-ring (bicyclic) bond motifs is 3. The molecule has 55 heavy (non-hydrogen) atoms. The molecule has 2 atom stereocenters. The van der Waals surface area contributed by atoms with Gasteiger partial charge in [0.15, 0.2) is 0 Å². The number of pyridine rings is 1. The van der Waals surface area contributed by atoms with Gasteiger partial charge in [-0.25, -0.2) is 4.98 Å². The lowest BCUT2D eigenvalue weighted by atomic mass is 10.0. The zero-order chi connectivity index (χ0) is 38.1. The highest BCUT2D eigenvalue weighted by atomic mass is 16.2. The van der Waals surface area contributed by atoms with Crippen LogP contribution in [0, 0.1) is 0 Å². The van der Waals surface area contributed by atoms with E-state index in [1.165, 1.54) is 12.1 Å². The van der Waals surface area contributed by atoms with Crippen molar-refractivity contribution in [3.63, 3.8) is 0 Å². The first-order valence-electron chi connectivity index (χ1n) is 19.3. The molecular formula is C41H45N9O5. The highest BCUT2D eigenvalue weighted by Gasteiger charge is 2.45. The molecule has 14 nitrogen and oxygen atoms in total. The van der Waals surface area contributed by atoms with Crippen LogP contribution < -0.4 is 16.0 Å². The van der Waals surface area contributed by atoms with Crippen LogP contribution in [-0.4, -0.2) is 85.3 Å². The summed E-state index contributed by atoms with van der Waals surface area (Å²) in [7, 11) is 2.15. The normalized spacial score (nSPS) is 18.7. The second-order valence-electron chi connectivity index (χ2n) is 14.8. The molecule has 5 amide bonds. The molecule has 0 radical (unpaired) electrons. The minimum atomic E-state index is -0.982. The Bertz CT molecular complexity index is 2310. The number of aromatic amines is 1. The van der Waals surface area contributed by atoms with Gasteiger partial charge in [0.1, 0.15) is 11.9 Å². The van der Waals surface area contributed by atoms with Gasteiger partial charge in [0.05, 0.1) is 28.4 Å². The van der Waals surface area contributed by atoms with Crippen molar-refractivity contribution in [2.75, 3.05) is 30.8 Å². The highest BCUT2D eigenvalue weighted by Crippen LogP contribution is 2.34. The molecule has 2 fully saturated rings. The van der Waals surface area contributed by atoms with E-state index < -0.39 is 29.7 Å². The van der Waals surface area contributed by atoms with Gasteiger partial charge in [0, 0.05) is 65.5 Å². The number of amides is 5. The van der Waals surface area contributed by atoms with E-state index in [2.05, 4.69) is 49.0 Å². The Morgan fingerprint density at radius 1 is 0.891 bits per heavy atom. The number of unbranched alkanes of at least 4 members (excludes halogenated alkanes) is 5. The quantitative estimate of drug-likeness (QED) is 0.0812. The van der Waals surface area contributed by atoms with E-state index in [4.69, 9.17) is 0 Å². The van der Waals surface area contributed by atoms with Gasteiger partial charge in [-0.15, -0.1) is 0 Å². The van der Waals surface area contributed by atoms with Gasteiger partial charge in [-0.05, 0) is 82.1 Å². The third-order valence-corrected chi connectivity index (χ3v) is 11.1. The standard InChI is InChI=1S/C41H45N9O5/c1-48-18-9-12-33(48)31-21-26-23-43-35(22-30(26)45-31)46-38(52)25-13-14-32-27(20-25)24-44-49(32)19-7-5-3-2-4-6-17-42-29-11-8-10-28-37(29)41(55)50(40(28)54)34-15-16-36(51)47-39(34)53/h8,10-11,13-14,20-24,33-34,42,45H,2-7,9,12,15-19H2,1H3,(H,43,46,52)(H,47,51,53)/t33-,34?/m0/s1. The number of hydrogen-bond acceptors (Lipinski definition) is 9. The number of nitrogens with one attached hydrogen (secondary N) is 4. The number of imide groups is 2. The van der Waals surface area contributed by atoms with Gasteiger partial charge in [-0.1, -0.05) is 31.7 Å². The summed E-state index contributed by atoms with van der Waals surface area (Å²) in [5.74, 6) is -1.73. The van der Waals surface area contributed by atoms with Crippen LogP contribution in [0.25, 0.3) is 21.8 Å². The average Bonchev–Trinajstić information content (AvgIpc) is 3.96. The molecule has 3 aliphatic rings. The SMILES string of the molecule is CN1CCC[C@H]1c1cc2cnc(NC(=O)c3ccc4c(cnn4CCCCCCCCNc4cccc5c4C(=O)N(C4CCC(=O)NC4=O)C5=O)c3)cc2[nH]1. The minimum absolute atomic E-state index is 0.0865. The van der Waals surface area contributed by atoms with E-state index in [0.29, 0.717) is 29.7 Å². The molecule has 2 aromatic carbocycles. The van der Waals surface area contributed by atoms with Crippen molar-refractivity contribution in [1.29, 1.82) is 0 Å². The molecule has 0 aliphatic carbocycles. The number of piperidine rings is 1. The first-order chi connectivity index (χ1) is 26.7. The van der Waals surface area contributed by atoms with E-state index in [9.17, 15) is 24.0 Å². The van der Waals surface area contributed by atoms with E-state index in [0.717, 1.165) is 84.7 Å². The Hall–Kier alpha value is -5.89. The van der Waals surface area contributed by atoms with Crippen LogP contribution in [0.4, 0.5) is 11.5 Å². The Kier molecular flexibility index (Phi) is 10.1. The van der Waals surface area contributed by atoms with Crippen molar-refractivity contribution in [3.8, 4) is 0 Å². The Labute approximate surface area is 318 Å². The van der Waals surface area contributed by atoms with Crippen molar-refractivity contribution in [2.24, 2.45) is 0 Å². The molecule has 6 heterocycles. The van der Waals surface area contributed by atoms with Gasteiger partial charge >= 0.3 is 0 Å². The number of likely N-dealkylation sites (tertiary alicyclic amines) is 1. The van der Waals surface area contributed by atoms with Crippen LogP contribution in [0.3, 0.4) is 0 Å². The molecule has 284 valence electrons. The van der Waals surface area contributed by atoms with Gasteiger partial charge in [0.2, 0.25) is 11.8 Å². The van der Waals surface area contributed by atoms with E-state index >= 15 is 0 Å². The van der Waals surface area contributed by atoms with Crippen molar-refractivity contribution >= 4 is 62.8 Å². The number of carbonyl (C=O) groups is 5. The summed E-state index contributed by atoms with van der Waals surface area (Å²) in [6.45, 7) is 2.53. The maximum Gasteiger partial charge on any atom is 0.264 e. The van der Waals surface area contributed by atoms with E-state index in [-0.39, 0.29) is 29.9 Å². The zero-order valence-electron chi connectivity index (χ0n) is 30.9. The summed E-state index contributed by atoms with van der Waals surface area (Å²) in [6, 6.07) is 14.2. The predicted octanol–water partition coefficient (Wildman–Crippen LogP) is 5.79. The summed E-state index contributed by atoms with van der Waals surface area (Å²) in [5, 5.41) is 15.0. The van der Waals surface area contributed by atoms with Crippen LogP contribution in [0.15, 0.2) is 60.9 Å². The average molecular weight is 744 g/mol. The molecule has 14 heteroatoms. The lowest BCUT2D eigenvalue weighted by Gasteiger charge is -2.27. The highest BCUT2D eigenvalue weighted by molar-refractivity contribution is 6.25. The lowest BCUT2D eigenvalue weighted by Crippen LogP contribution is -2.54. The molecule has 8 rings (SSSR count). The second kappa shape index (κ2) is 15.5. The molecule has 2 saturated heterocycles. The first kappa shape index (κ1) is 36.1. The fraction of sp³-hybridized carbons (Fsp3) is 0.390. The van der Waals surface area contributed by atoms with Crippen molar-refractivity contribution in [1.82, 2.24) is 34.9 Å². The number of benzene rings is 2. The number of H-pyrrole nitrogens is 1. The molecule has 3 aliphatic heterocycles. The zero-order valence-corrected chi connectivity index (χ0v) is 30.9. The molecule has 5 aromatic rings. The molecule has 0 bridgehead atoms. The molecular weight excluding hydrogens is 699 g/mol. The van der Waals surface area contributed by atoms with Gasteiger partial charge in [-0.2, -0.15) is 5.10 Å². The fourth-order valence-corrected chi connectivity index (χ4v) is 8.17. The summed E-state index contributed by atoms with van der Waals surface area (Å²) in [5.41, 5.74) is 4.82. The predicted molar refractivity (Wildman–Crippen MR) is 208 cm³/mol. The number of anilines is 2. The molecule has 0 saturated carbocycles. The third kappa shape index (κ3) is 7.33. The van der Waals surface area contributed by atoms with Crippen molar-refractivity contribution in [2.45, 2.75) is 82.8 Å². The third-order valence-electron chi connectivity index (χ3n) is 11.1. The Morgan fingerprint density at radius 3 is 2.55 bits per heavy atom. The summed E-state index contributed by atoms with van der Waals surface area (Å²) in [6.07, 6.45) is 12.3. The van der Waals surface area contributed by atoms with Gasteiger partial charge < -0.3 is 15.6 Å². The van der Waals surface area contributed by atoms with Crippen molar-refractivity contribution in [3.05, 3.63) is 83.3 Å². The van der Waals surface area contributed by atoms with Crippen LogP contribution in [0.1, 0.15) is 107 Å². The lowest BCUT2D eigenvalue weighted by molar-refractivity contribution is -0.136. The Balaban J connectivity index is 0.763. The molecule has 4 N–H and O–H groups in total. The first-order valence-corrected chi connectivity index (χ1v) is 19.3. The number of aryl methyl sites for hydroxylation is 1. The summed E-state index contributed by atoms with van der Waals surface area (Å²) in [4.78, 5) is 74.9. The number of nitrogens with zero attached hydrogens (tertiary/aromatic N) is 5. The number of aromatic nitrogens is 4. The van der Waals surface area contributed by atoms with E-state index in [1.54, 1.807) is 24.4 Å². The van der Waals surface area contributed by atoms with Crippen LogP contribution in [0.5, 0.6) is 0 Å². The topological polar surface area (TPSA) is 174 Å². The summed E-state index contributed by atoms with van der Waals surface area (Å²) >= 11 is 0. The molecule has 0 spiro atoms.